The van der Waals surface area contributed by atoms with Crippen LogP contribution in [0, 0.1) is 6.92 Å². The zero-order chi connectivity index (χ0) is 18.4. The number of ether oxygens (including phenoxy) is 1. The first kappa shape index (κ1) is 16.8. The summed E-state index contributed by atoms with van der Waals surface area (Å²) in [7, 11) is 0. The van der Waals surface area contributed by atoms with E-state index in [4.69, 9.17) is 9.84 Å². The van der Waals surface area contributed by atoms with Gasteiger partial charge >= 0.3 is 0 Å². The molecule has 3 aliphatic rings. The molecular formula is C21H26N4O2. The second kappa shape index (κ2) is 6.68. The van der Waals surface area contributed by atoms with E-state index >= 15 is 0 Å². The Morgan fingerprint density at radius 2 is 2.19 bits per heavy atom. The van der Waals surface area contributed by atoms with E-state index < -0.39 is 0 Å². The number of rotatable bonds is 2. The van der Waals surface area contributed by atoms with E-state index in [9.17, 15) is 5.11 Å². The number of hydrogen-bond donors (Lipinski definition) is 2. The third-order valence-corrected chi connectivity index (χ3v) is 6.19. The van der Waals surface area contributed by atoms with Gasteiger partial charge in [0.1, 0.15) is 6.67 Å². The molecule has 3 heterocycles. The van der Waals surface area contributed by atoms with E-state index in [0.717, 1.165) is 50.0 Å². The fourth-order valence-corrected chi connectivity index (χ4v) is 4.82. The minimum Gasteiger partial charge on any atom is -0.495 e. The van der Waals surface area contributed by atoms with Crippen LogP contribution in [0.4, 0.5) is 0 Å². The van der Waals surface area contributed by atoms with Gasteiger partial charge in [0.2, 0.25) is 0 Å². The Balaban J connectivity index is 1.57. The van der Waals surface area contributed by atoms with Gasteiger partial charge in [0.15, 0.2) is 12.1 Å². The van der Waals surface area contributed by atoms with Crippen LogP contribution >= 0.6 is 0 Å². The lowest BCUT2D eigenvalue weighted by molar-refractivity contribution is -0.0367. The van der Waals surface area contributed by atoms with Crippen LogP contribution in [0.3, 0.4) is 0 Å². The van der Waals surface area contributed by atoms with E-state index in [2.05, 4.69) is 34.0 Å². The van der Waals surface area contributed by atoms with Gasteiger partial charge in [-0.1, -0.05) is 12.1 Å². The molecule has 5 rings (SSSR count). The molecule has 1 saturated carbocycles. The lowest BCUT2D eigenvalue weighted by Crippen LogP contribution is -2.29. The number of hydrogen-bond acceptors (Lipinski definition) is 5. The van der Waals surface area contributed by atoms with Crippen LogP contribution < -0.4 is 5.32 Å². The van der Waals surface area contributed by atoms with E-state index in [-0.39, 0.29) is 6.23 Å². The predicted molar refractivity (Wildman–Crippen MR) is 105 cm³/mol. The molecule has 1 aromatic heterocycles. The molecule has 1 aliphatic carbocycles. The lowest BCUT2D eigenvalue weighted by Gasteiger charge is -2.31. The average Bonchev–Trinajstić information content (AvgIpc) is 3.12. The number of aromatic nitrogens is 2. The summed E-state index contributed by atoms with van der Waals surface area (Å²) in [5.74, 6) is 0.704. The Morgan fingerprint density at radius 3 is 3.04 bits per heavy atom. The number of allylic oxidation sites excluding steroid dienone is 1. The quantitative estimate of drug-likeness (QED) is 0.840. The number of fused-ring (bicyclic) bond motifs is 2. The van der Waals surface area contributed by atoms with Crippen molar-refractivity contribution in [1.29, 1.82) is 0 Å². The van der Waals surface area contributed by atoms with E-state index in [1.165, 1.54) is 28.5 Å². The van der Waals surface area contributed by atoms with Gasteiger partial charge in [0.05, 0.1) is 11.7 Å². The highest BCUT2D eigenvalue weighted by Gasteiger charge is 2.31. The molecule has 2 fully saturated rings. The zero-order valence-electron chi connectivity index (χ0n) is 15.7. The monoisotopic (exact) mass is 366 g/mol. The van der Waals surface area contributed by atoms with Crippen LogP contribution in [0.5, 0.6) is 0 Å². The molecule has 1 saturated heterocycles. The topological polar surface area (TPSA) is 71.7 Å². The summed E-state index contributed by atoms with van der Waals surface area (Å²) in [6, 6.07) is 4.38. The maximum atomic E-state index is 10.1. The summed E-state index contributed by atoms with van der Waals surface area (Å²) in [6.45, 7) is 3.48. The van der Waals surface area contributed by atoms with Crippen molar-refractivity contribution in [2.24, 2.45) is 4.99 Å². The van der Waals surface area contributed by atoms with Crippen LogP contribution in [-0.2, 0) is 4.74 Å². The molecule has 2 unspecified atom stereocenters. The van der Waals surface area contributed by atoms with Crippen LogP contribution in [-0.4, -0.2) is 33.9 Å². The molecule has 2 N–H and O–H groups in total. The lowest BCUT2D eigenvalue weighted by atomic mass is 9.78. The van der Waals surface area contributed by atoms with Crippen molar-refractivity contribution < 1.29 is 9.84 Å². The largest absolute Gasteiger partial charge is 0.495 e. The fourth-order valence-electron chi connectivity index (χ4n) is 4.82. The van der Waals surface area contributed by atoms with Gasteiger partial charge in [-0.05, 0) is 62.5 Å². The molecular weight excluding hydrogens is 340 g/mol. The SMILES string of the molecule is Cc1ccc2cnn(C3CCCCO3)c2c1C1CCC2=C(O)NCN=C2C1. The summed E-state index contributed by atoms with van der Waals surface area (Å²) in [5, 5.41) is 19.0. The van der Waals surface area contributed by atoms with Crippen molar-refractivity contribution in [1.82, 2.24) is 15.1 Å². The summed E-state index contributed by atoms with van der Waals surface area (Å²) in [5.41, 5.74) is 5.94. The standard InChI is InChI=1S/C21H26N4O2/c1-13-5-6-15-11-24-25(18-4-2-3-9-27-18)20(15)19(13)14-7-8-16-17(10-14)22-12-23-21(16)26/h5-6,11,14,18,23,26H,2-4,7-10,12H2,1H3. The highest BCUT2D eigenvalue weighted by atomic mass is 16.5. The maximum absolute atomic E-state index is 10.1. The first-order valence-corrected chi connectivity index (χ1v) is 10.0. The number of nitrogens with one attached hydrogen (secondary N) is 1. The maximum Gasteiger partial charge on any atom is 0.190 e. The van der Waals surface area contributed by atoms with Gasteiger partial charge in [0, 0.05) is 23.3 Å². The third-order valence-electron chi connectivity index (χ3n) is 6.19. The highest BCUT2D eigenvalue weighted by Crippen LogP contribution is 2.41. The molecule has 1 aromatic carbocycles. The van der Waals surface area contributed by atoms with Crippen LogP contribution in [0.25, 0.3) is 10.9 Å². The Kier molecular flexibility index (Phi) is 4.16. The van der Waals surface area contributed by atoms with E-state index in [1.807, 2.05) is 6.20 Å². The van der Waals surface area contributed by atoms with Crippen molar-refractivity contribution in [3.63, 3.8) is 0 Å². The minimum atomic E-state index is 0.0381. The molecule has 2 aromatic rings. The number of aliphatic hydroxyl groups excluding tert-OH is 1. The molecule has 27 heavy (non-hydrogen) atoms. The van der Waals surface area contributed by atoms with Crippen molar-refractivity contribution in [3.05, 3.63) is 40.9 Å². The van der Waals surface area contributed by atoms with Gasteiger partial charge in [-0.3, -0.25) is 4.99 Å². The molecule has 0 radical (unpaired) electrons. The number of aliphatic hydroxyl groups is 1. The van der Waals surface area contributed by atoms with Gasteiger partial charge < -0.3 is 15.2 Å². The predicted octanol–water partition coefficient (Wildman–Crippen LogP) is 4.08. The summed E-state index contributed by atoms with van der Waals surface area (Å²) >= 11 is 0. The Labute approximate surface area is 158 Å². The van der Waals surface area contributed by atoms with E-state index in [0.29, 0.717) is 18.5 Å². The van der Waals surface area contributed by atoms with Crippen molar-refractivity contribution in [2.45, 2.75) is 57.6 Å². The van der Waals surface area contributed by atoms with E-state index in [1.54, 1.807) is 0 Å². The van der Waals surface area contributed by atoms with Crippen molar-refractivity contribution in [3.8, 4) is 0 Å². The number of aryl methyl sites for hydroxylation is 1. The molecule has 2 aliphatic heterocycles. The number of aliphatic imine (C=N–C) groups is 1. The normalized spacial score (nSPS) is 25.9. The number of nitrogens with zero attached hydrogens (tertiary/aromatic N) is 3. The van der Waals surface area contributed by atoms with Gasteiger partial charge in [-0.15, -0.1) is 0 Å². The second-order valence-corrected chi connectivity index (χ2v) is 7.85. The van der Waals surface area contributed by atoms with Crippen molar-refractivity contribution >= 4 is 16.6 Å². The highest BCUT2D eigenvalue weighted by molar-refractivity contribution is 6.02. The summed E-state index contributed by atoms with van der Waals surface area (Å²) in [4.78, 5) is 4.63. The third kappa shape index (κ3) is 2.83. The minimum absolute atomic E-state index is 0.0381. The fraction of sp³-hybridized carbons (Fsp3) is 0.524. The Bertz CT molecular complexity index is 937. The molecule has 0 spiro atoms. The van der Waals surface area contributed by atoms with Gasteiger partial charge in [-0.2, -0.15) is 5.10 Å². The van der Waals surface area contributed by atoms with Crippen LogP contribution in [0.15, 0.2) is 34.8 Å². The van der Waals surface area contributed by atoms with Crippen LogP contribution in [0.1, 0.15) is 61.8 Å². The molecule has 2 atom stereocenters. The van der Waals surface area contributed by atoms with Gasteiger partial charge in [0.25, 0.3) is 0 Å². The molecule has 0 bridgehead atoms. The first-order valence-electron chi connectivity index (χ1n) is 10.0. The molecule has 142 valence electrons. The first-order chi connectivity index (χ1) is 13.2. The molecule has 0 amide bonds. The molecule has 6 heteroatoms. The number of benzene rings is 1. The average molecular weight is 366 g/mol. The van der Waals surface area contributed by atoms with Crippen LogP contribution in [0.2, 0.25) is 0 Å². The Morgan fingerprint density at radius 1 is 1.26 bits per heavy atom. The van der Waals surface area contributed by atoms with Gasteiger partial charge in [-0.25, -0.2) is 4.68 Å². The Hall–Kier alpha value is -2.34. The smallest absolute Gasteiger partial charge is 0.190 e. The van der Waals surface area contributed by atoms with Crippen molar-refractivity contribution in [2.75, 3.05) is 13.3 Å². The molecule has 6 nitrogen and oxygen atoms in total. The second-order valence-electron chi connectivity index (χ2n) is 7.85. The summed E-state index contributed by atoms with van der Waals surface area (Å²) in [6.07, 6.45) is 8.09. The summed E-state index contributed by atoms with van der Waals surface area (Å²) < 4.78 is 8.16. The zero-order valence-corrected chi connectivity index (χ0v) is 15.7.